The summed E-state index contributed by atoms with van der Waals surface area (Å²) < 4.78 is 27.5. The average molecular weight is 369 g/mol. The number of sulfonamides is 1. The Bertz CT molecular complexity index is 718. The molecule has 0 aromatic heterocycles. The lowest BCUT2D eigenvalue weighted by atomic mass is 10.2. The van der Waals surface area contributed by atoms with E-state index in [0.717, 1.165) is 5.56 Å². The molecule has 0 saturated carbocycles. The molecule has 0 aliphatic rings. The lowest BCUT2D eigenvalue weighted by Gasteiger charge is -2.21. The highest BCUT2D eigenvalue weighted by molar-refractivity contribution is 9.10. The van der Waals surface area contributed by atoms with Crippen LogP contribution in [0, 0.1) is 0 Å². The van der Waals surface area contributed by atoms with Crippen LogP contribution in [0.1, 0.15) is 12.5 Å². The van der Waals surface area contributed by atoms with Crippen LogP contribution in [0.2, 0.25) is 0 Å². The Hall–Kier alpha value is -1.37. The zero-order valence-corrected chi connectivity index (χ0v) is 14.1. The Morgan fingerprint density at radius 1 is 1.14 bits per heavy atom. The molecular formula is C15H17BrN2O2S. The Morgan fingerprint density at radius 3 is 2.38 bits per heavy atom. The quantitative estimate of drug-likeness (QED) is 0.823. The van der Waals surface area contributed by atoms with Gasteiger partial charge in [-0.05, 0) is 39.7 Å². The minimum atomic E-state index is -3.56. The topological polar surface area (TPSA) is 63.4 Å². The highest BCUT2D eigenvalue weighted by Gasteiger charge is 2.23. The first-order valence-corrected chi connectivity index (χ1v) is 8.77. The van der Waals surface area contributed by atoms with Crippen LogP contribution in [0.4, 0.5) is 5.69 Å². The molecule has 0 radical (unpaired) electrons. The van der Waals surface area contributed by atoms with E-state index >= 15 is 0 Å². The molecule has 2 rings (SSSR count). The van der Waals surface area contributed by atoms with Crippen LogP contribution in [0.15, 0.2) is 57.9 Å². The summed E-state index contributed by atoms with van der Waals surface area (Å²) in [5.41, 5.74) is 7.14. The molecule has 2 aromatic carbocycles. The predicted octanol–water partition coefficient (Wildman–Crippen LogP) is 3.24. The summed E-state index contributed by atoms with van der Waals surface area (Å²) in [7, 11) is -3.56. The number of hydrogen-bond acceptors (Lipinski definition) is 3. The smallest absolute Gasteiger partial charge is 0.243 e. The van der Waals surface area contributed by atoms with Crippen LogP contribution < -0.4 is 5.73 Å². The molecule has 0 aliphatic heterocycles. The van der Waals surface area contributed by atoms with Gasteiger partial charge in [-0.3, -0.25) is 0 Å². The zero-order valence-electron chi connectivity index (χ0n) is 11.7. The van der Waals surface area contributed by atoms with Crippen LogP contribution in [-0.2, 0) is 16.6 Å². The summed E-state index contributed by atoms with van der Waals surface area (Å²) in [6.07, 6.45) is 0. The van der Waals surface area contributed by atoms with Crippen molar-refractivity contribution in [2.24, 2.45) is 0 Å². The zero-order chi connectivity index (χ0) is 15.5. The van der Waals surface area contributed by atoms with Gasteiger partial charge in [-0.1, -0.05) is 37.3 Å². The van der Waals surface area contributed by atoms with Crippen molar-refractivity contribution in [3.05, 3.63) is 58.6 Å². The van der Waals surface area contributed by atoms with Crippen molar-refractivity contribution in [2.75, 3.05) is 12.3 Å². The first kappa shape index (κ1) is 16.0. The van der Waals surface area contributed by atoms with Crippen LogP contribution >= 0.6 is 15.9 Å². The normalized spacial score (nSPS) is 11.8. The van der Waals surface area contributed by atoms with Gasteiger partial charge in [0, 0.05) is 23.2 Å². The van der Waals surface area contributed by atoms with E-state index in [9.17, 15) is 8.42 Å². The third-order valence-electron chi connectivity index (χ3n) is 3.16. The standard InChI is InChI=1S/C15H17BrN2O2S/c1-2-18(11-12-6-4-3-5-7-12)21(19,20)13-8-9-14(16)15(17)10-13/h3-10H,2,11,17H2,1H3. The molecule has 0 atom stereocenters. The molecule has 6 heteroatoms. The SMILES string of the molecule is CCN(Cc1ccccc1)S(=O)(=O)c1ccc(Br)c(N)c1. The van der Waals surface area contributed by atoms with E-state index in [0.29, 0.717) is 23.2 Å². The molecule has 0 bridgehead atoms. The molecule has 0 saturated heterocycles. The van der Waals surface area contributed by atoms with Gasteiger partial charge in [-0.2, -0.15) is 4.31 Å². The second-order valence-corrected chi connectivity index (χ2v) is 7.39. The minimum Gasteiger partial charge on any atom is -0.398 e. The van der Waals surface area contributed by atoms with E-state index in [4.69, 9.17) is 5.73 Å². The molecule has 0 amide bonds. The van der Waals surface area contributed by atoms with Gasteiger partial charge in [0.05, 0.1) is 4.90 Å². The van der Waals surface area contributed by atoms with Gasteiger partial charge in [-0.25, -0.2) is 8.42 Å². The fourth-order valence-corrected chi connectivity index (χ4v) is 3.70. The summed E-state index contributed by atoms with van der Waals surface area (Å²) in [6.45, 7) is 2.56. The second-order valence-electron chi connectivity index (χ2n) is 4.60. The molecule has 0 spiro atoms. The van der Waals surface area contributed by atoms with Crippen molar-refractivity contribution in [1.82, 2.24) is 4.31 Å². The highest BCUT2D eigenvalue weighted by atomic mass is 79.9. The van der Waals surface area contributed by atoms with Crippen molar-refractivity contribution < 1.29 is 8.42 Å². The van der Waals surface area contributed by atoms with Crippen LogP contribution in [0.5, 0.6) is 0 Å². The lowest BCUT2D eigenvalue weighted by Crippen LogP contribution is -2.30. The maximum Gasteiger partial charge on any atom is 0.243 e. The molecule has 0 heterocycles. The summed E-state index contributed by atoms with van der Waals surface area (Å²) in [4.78, 5) is 0.209. The molecule has 2 N–H and O–H groups in total. The number of hydrogen-bond donors (Lipinski definition) is 1. The Labute approximate surface area is 133 Å². The van der Waals surface area contributed by atoms with Gasteiger partial charge in [0.25, 0.3) is 0 Å². The first-order valence-electron chi connectivity index (χ1n) is 6.54. The molecule has 21 heavy (non-hydrogen) atoms. The van der Waals surface area contributed by atoms with Crippen molar-refractivity contribution in [1.29, 1.82) is 0 Å². The molecule has 0 aliphatic carbocycles. The largest absolute Gasteiger partial charge is 0.398 e. The maximum absolute atomic E-state index is 12.7. The maximum atomic E-state index is 12.7. The van der Waals surface area contributed by atoms with E-state index in [1.54, 1.807) is 12.1 Å². The molecule has 0 fully saturated rings. The summed E-state index contributed by atoms with van der Waals surface area (Å²) in [5, 5.41) is 0. The molecular weight excluding hydrogens is 352 g/mol. The predicted molar refractivity (Wildman–Crippen MR) is 88.3 cm³/mol. The van der Waals surface area contributed by atoms with E-state index < -0.39 is 10.0 Å². The van der Waals surface area contributed by atoms with Crippen molar-refractivity contribution in [3.63, 3.8) is 0 Å². The monoisotopic (exact) mass is 368 g/mol. The number of rotatable bonds is 5. The second kappa shape index (κ2) is 6.60. The molecule has 112 valence electrons. The third kappa shape index (κ3) is 3.64. The van der Waals surface area contributed by atoms with Gasteiger partial charge in [0.15, 0.2) is 0 Å². The highest BCUT2D eigenvalue weighted by Crippen LogP contribution is 2.25. The van der Waals surface area contributed by atoms with Crippen molar-refractivity contribution >= 4 is 31.6 Å². The van der Waals surface area contributed by atoms with Gasteiger partial charge in [0.2, 0.25) is 10.0 Å². The number of halogens is 1. The number of anilines is 1. The lowest BCUT2D eigenvalue weighted by molar-refractivity contribution is 0.423. The number of benzene rings is 2. The number of nitrogen functional groups attached to an aromatic ring is 1. The van der Waals surface area contributed by atoms with E-state index in [1.165, 1.54) is 10.4 Å². The van der Waals surface area contributed by atoms with Crippen molar-refractivity contribution in [3.8, 4) is 0 Å². The van der Waals surface area contributed by atoms with Crippen LogP contribution in [0.3, 0.4) is 0 Å². The fraction of sp³-hybridized carbons (Fsp3) is 0.200. The van der Waals surface area contributed by atoms with Gasteiger partial charge in [-0.15, -0.1) is 0 Å². The fourth-order valence-electron chi connectivity index (χ4n) is 1.99. The van der Waals surface area contributed by atoms with Crippen LogP contribution in [-0.4, -0.2) is 19.3 Å². The number of nitrogens with two attached hydrogens (primary N) is 1. The summed E-state index contributed by atoms with van der Waals surface area (Å²) in [5.74, 6) is 0. The van der Waals surface area contributed by atoms with Gasteiger partial charge < -0.3 is 5.73 Å². The van der Waals surface area contributed by atoms with E-state index in [-0.39, 0.29) is 4.90 Å². The molecule has 0 unspecified atom stereocenters. The first-order chi connectivity index (χ1) is 9.95. The Morgan fingerprint density at radius 2 is 1.81 bits per heavy atom. The van der Waals surface area contributed by atoms with Crippen molar-refractivity contribution in [2.45, 2.75) is 18.4 Å². The summed E-state index contributed by atoms with van der Waals surface area (Å²) >= 11 is 3.27. The number of nitrogens with zero attached hydrogens (tertiary/aromatic N) is 1. The third-order valence-corrected chi connectivity index (χ3v) is 5.80. The summed E-state index contributed by atoms with van der Waals surface area (Å²) in [6, 6.07) is 14.2. The Kier molecular flexibility index (Phi) is 5.03. The Balaban J connectivity index is 2.33. The van der Waals surface area contributed by atoms with Crippen LogP contribution in [0.25, 0.3) is 0 Å². The van der Waals surface area contributed by atoms with Gasteiger partial charge in [0.1, 0.15) is 0 Å². The molecule has 4 nitrogen and oxygen atoms in total. The average Bonchev–Trinajstić information content (AvgIpc) is 2.48. The molecule has 2 aromatic rings. The van der Waals surface area contributed by atoms with E-state index in [2.05, 4.69) is 15.9 Å². The van der Waals surface area contributed by atoms with Gasteiger partial charge >= 0.3 is 0 Å². The minimum absolute atomic E-state index is 0.209. The van der Waals surface area contributed by atoms with E-state index in [1.807, 2.05) is 37.3 Å².